The number of aryl methyl sites for hydroxylation is 1. The van der Waals surface area contributed by atoms with Gasteiger partial charge in [-0.1, -0.05) is 30.3 Å². The fraction of sp³-hybridized carbons (Fsp3) is 0.312. The monoisotopic (exact) mass is 392 g/mol. The Morgan fingerprint density at radius 2 is 1.88 bits per heavy atom. The molecule has 1 unspecified atom stereocenters. The van der Waals surface area contributed by atoms with Crippen molar-refractivity contribution >= 4 is 27.1 Å². The fourth-order valence-corrected chi connectivity index (χ4v) is 3.15. The Morgan fingerprint density at radius 3 is 2.50 bits per heavy atom. The first kappa shape index (κ1) is 16.7. The Balaban J connectivity index is 2.27. The lowest BCUT2D eigenvalue weighted by Gasteiger charge is -2.11. The third-order valence-electron chi connectivity index (χ3n) is 3.82. The number of fused-ring (bicyclic) bond motifs is 1. The molecule has 126 valence electrons. The zero-order valence-electron chi connectivity index (χ0n) is 13.3. The molecule has 0 aliphatic carbocycles. The van der Waals surface area contributed by atoms with E-state index in [1.807, 2.05) is 30.3 Å². The van der Waals surface area contributed by atoms with Crippen LogP contribution in [-0.4, -0.2) is 29.9 Å². The minimum atomic E-state index is -0.804. The molecule has 0 radical (unpaired) electrons. The summed E-state index contributed by atoms with van der Waals surface area (Å²) in [5, 5.41) is 9.59. The van der Waals surface area contributed by atoms with Crippen LogP contribution in [0.4, 0.5) is 0 Å². The lowest BCUT2D eigenvalue weighted by atomic mass is 10.2. The van der Waals surface area contributed by atoms with Crippen molar-refractivity contribution in [3.8, 4) is 0 Å². The Kier molecular flexibility index (Phi) is 4.42. The number of hydrogen-bond donors (Lipinski definition) is 1. The smallest absolute Gasteiger partial charge is 0.332 e. The quantitative estimate of drug-likeness (QED) is 0.673. The molecule has 7 nitrogen and oxygen atoms in total. The summed E-state index contributed by atoms with van der Waals surface area (Å²) in [6.45, 7) is 1.92. The van der Waals surface area contributed by atoms with Gasteiger partial charge in [0.2, 0.25) is 0 Å². The molecule has 2 heterocycles. The van der Waals surface area contributed by atoms with Crippen LogP contribution in [0.2, 0.25) is 0 Å². The number of rotatable bonds is 4. The van der Waals surface area contributed by atoms with Crippen molar-refractivity contribution in [3.05, 3.63) is 61.5 Å². The van der Waals surface area contributed by atoms with Crippen LogP contribution in [0, 0.1) is 0 Å². The minimum Gasteiger partial charge on any atom is -0.392 e. The van der Waals surface area contributed by atoms with Gasteiger partial charge in [0, 0.05) is 7.05 Å². The SMILES string of the molecule is CC(O)Cn1c(=O)c2c(nc(Br)n2Cc2ccccc2)n(C)c1=O. The second kappa shape index (κ2) is 6.37. The number of aliphatic hydroxyl groups is 1. The fourth-order valence-electron chi connectivity index (χ4n) is 2.68. The molecule has 1 N–H and O–H groups in total. The van der Waals surface area contributed by atoms with E-state index < -0.39 is 17.4 Å². The number of aliphatic hydroxyl groups excluding tert-OH is 1. The van der Waals surface area contributed by atoms with Gasteiger partial charge >= 0.3 is 5.69 Å². The maximum atomic E-state index is 12.8. The summed E-state index contributed by atoms with van der Waals surface area (Å²) >= 11 is 3.37. The number of aromatic nitrogens is 4. The predicted molar refractivity (Wildman–Crippen MR) is 94.2 cm³/mol. The summed E-state index contributed by atoms with van der Waals surface area (Å²) < 4.78 is 4.57. The topological polar surface area (TPSA) is 82.1 Å². The van der Waals surface area contributed by atoms with Crippen molar-refractivity contribution in [3.63, 3.8) is 0 Å². The van der Waals surface area contributed by atoms with Crippen LogP contribution >= 0.6 is 15.9 Å². The van der Waals surface area contributed by atoms with Gasteiger partial charge in [0.25, 0.3) is 5.56 Å². The Labute approximate surface area is 145 Å². The minimum absolute atomic E-state index is 0.0599. The highest BCUT2D eigenvalue weighted by molar-refractivity contribution is 9.10. The summed E-state index contributed by atoms with van der Waals surface area (Å²) in [4.78, 5) is 29.5. The Hall–Kier alpha value is -2.19. The molecule has 0 aliphatic heterocycles. The van der Waals surface area contributed by atoms with E-state index in [-0.39, 0.29) is 6.54 Å². The third-order valence-corrected chi connectivity index (χ3v) is 4.42. The lowest BCUT2D eigenvalue weighted by molar-refractivity contribution is 0.170. The summed E-state index contributed by atoms with van der Waals surface area (Å²) in [5.74, 6) is 0. The number of benzene rings is 1. The van der Waals surface area contributed by atoms with Crippen LogP contribution in [0.5, 0.6) is 0 Å². The zero-order chi connectivity index (χ0) is 17.4. The van der Waals surface area contributed by atoms with Gasteiger partial charge in [0.05, 0.1) is 19.2 Å². The molecule has 2 aromatic heterocycles. The first-order chi connectivity index (χ1) is 11.4. The second-order valence-electron chi connectivity index (χ2n) is 5.73. The van der Waals surface area contributed by atoms with Crippen LogP contribution in [-0.2, 0) is 20.1 Å². The normalized spacial score (nSPS) is 12.7. The number of halogens is 1. The molecule has 3 aromatic rings. The molecular weight excluding hydrogens is 376 g/mol. The molecule has 8 heteroatoms. The largest absolute Gasteiger partial charge is 0.392 e. The van der Waals surface area contributed by atoms with Gasteiger partial charge in [0.1, 0.15) is 0 Å². The van der Waals surface area contributed by atoms with Crippen LogP contribution in [0.3, 0.4) is 0 Å². The van der Waals surface area contributed by atoms with E-state index in [4.69, 9.17) is 0 Å². The summed E-state index contributed by atoms with van der Waals surface area (Å²) in [5.41, 5.74) is 0.698. The molecule has 0 spiro atoms. The van der Waals surface area contributed by atoms with E-state index in [1.54, 1.807) is 11.6 Å². The number of hydrogen-bond acceptors (Lipinski definition) is 4. The molecule has 0 amide bonds. The van der Waals surface area contributed by atoms with Crippen molar-refractivity contribution in [2.45, 2.75) is 26.1 Å². The molecule has 0 saturated carbocycles. The summed E-state index contributed by atoms with van der Waals surface area (Å²) in [6.07, 6.45) is -0.804. The highest BCUT2D eigenvalue weighted by atomic mass is 79.9. The van der Waals surface area contributed by atoms with Gasteiger partial charge in [-0.3, -0.25) is 13.9 Å². The van der Waals surface area contributed by atoms with Crippen LogP contribution in [0.15, 0.2) is 44.7 Å². The average Bonchev–Trinajstić information content (AvgIpc) is 2.87. The van der Waals surface area contributed by atoms with Crippen molar-refractivity contribution in [1.82, 2.24) is 18.7 Å². The standard InChI is InChI=1S/C16H17BrN4O3/c1-10(22)8-21-14(23)12-13(19(2)16(21)24)18-15(17)20(12)9-11-6-4-3-5-7-11/h3-7,10,22H,8-9H2,1-2H3. The molecule has 0 fully saturated rings. The molecular formula is C16H17BrN4O3. The van der Waals surface area contributed by atoms with Crippen molar-refractivity contribution in [2.75, 3.05) is 0 Å². The predicted octanol–water partition coefficient (Wildman–Crippen LogP) is 1.09. The van der Waals surface area contributed by atoms with Crippen molar-refractivity contribution in [1.29, 1.82) is 0 Å². The Morgan fingerprint density at radius 1 is 1.21 bits per heavy atom. The van der Waals surface area contributed by atoms with Crippen LogP contribution in [0.25, 0.3) is 11.2 Å². The van der Waals surface area contributed by atoms with Gasteiger partial charge in [0.15, 0.2) is 15.9 Å². The van der Waals surface area contributed by atoms with Gasteiger partial charge in [-0.25, -0.2) is 9.78 Å². The number of imidazole rings is 1. The summed E-state index contributed by atoms with van der Waals surface area (Å²) in [6, 6.07) is 9.67. The van der Waals surface area contributed by atoms with E-state index in [0.717, 1.165) is 10.1 Å². The van der Waals surface area contributed by atoms with Gasteiger partial charge in [-0.2, -0.15) is 0 Å². The van der Waals surface area contributed by atoms with E-state index in [1.165, 1.54) is 11.5 Å². The van der Waals surface area contributed by atoms with Gasteiger partial charge < -0.3 is 9.67 Å². The molecule has 24 heavy (non-hydrogen) atoms. The molecule has 0 aliphatic rings. The molecule has 1 atom stereocenters. The summed E-state index contributed by atoms with van der Waals surface area (Å²) in [7, 11) is 1.56. The van der Waals surface area contributed by atoms with E-state index in [9.17, 15) is 14.7 Å². The van der Waals surface area contributed by atoms with Gasteiger partial charge in [-0.05, 0) is 28.4 Å². The molecule has 0 bridgehead atoms. The second-order valence-corrected chi connectivity index (χ2v) is 6.44. The highest BCUT2D eigenvalue weighted by Gasteiger charge is 2.19. The maximum absolute atomic E-state index is 12.8. The van der Waals surface area contributed by atoms with Crippen LogP contribution in [0.1, 0.15) is 12.5 Å². The van der Waals surface area contributed by atoms with E-state index in [0.29, 0.717) is 22.4 Å². The molecule has 3 rings (SSSR count). The lowest BCUT2D eigenvalue weighted by Crippen LogP contribution is -2.41. The molecule has 0 saturated heterocycles. The van der Waals surface area contributed by atoms with Crippen LogP contribution < -0.4 is 11.2 Å². The maximum Gasteiger partial charge on any atom is 0.332 e. The van der Waals surface area contributed by atoms with Crippen molar-refractivity contribution < 1.29 is 5.11 Å². The highest BCUT2D eigenvalue weighted by Crippen LogP contribution is 2.18. The third kappa shape index (κ3) is 2.83. The van der Waals surface area contributed by atoms with E-state index in [2.05, 4.69) is 20.9 Å². The average molecular weight is 393 g/mol. The molecule has 1 aromatic carbocycles. The zero-order valence-corrected chi connectivity index (χ0v) is 14.9. The first-order valence-corrected chi connectivity index (χ1v) is 8.27. The van der Waals surface area contributed by atoms with E-state index >= 15 is 0 Å². The van der Waals surface area contributed by atoms with Gasteiger partial charge in [-0.15, -0.1) is 0 Å². The number of nitrogens with zero attached hydrogens (tertiary/aromatic N) is 4. The Bertz CT molecular complexity index is 1000. The first-order valence-electron chi connectivity index (χ1n) is 7.47. The van der Waals surface area contributed by atoms with Crippen molar-refractivity contribution in [2.24, 2.45) is 7.05 Å².